The molecule has 23 heavy (non-hydrogen) atoms. The van der Waals surface area contributed by atoms with Gasteiger partial charge in [0.05, 0.1) is 6.54 Å². The zero-order chi connectivity index (χ0) is 17.4. The summed E-state index contributed by atoms with van der Waals surface area (Å²) in [4.78, 5) is 26.8. The molecule has 7 heteroatoms. The molecule has 0 aromatic rings. The van der Waals surface area contributed by atoms with E-state index in [1.54, 1.807) is 4.90 Å². The number of nitrogens with one attached hydrogen (secondary N) is 1. The molecule has 0 aromatic heterocycles. The summed E-state index contributed by atoms with van der Waals surface area (Å²) < 4.78 is 0. The molecule has 2 N–H and O–H groups in total. The summed E-state index contributed by atoms with van der Waals surface area (Å²) in [6.07, 6.45) is 2.67. The van der Waals surface area contributed by atoms with Crippen LogP contribution in [0.4, 0.5) is 4.79 Å². The van der Waals surface area contributed by atoms with E-state index >= 15 is 0 Å². The summed E-state index contributed by atoms with van der Waals surface area (Å²) in [6.45, 7) is 6.99. The first-order chi connectivity index (χ1) is 10.9. The molecular weight excluding hydrogens is 314 g/mol. The third-order valence-corrected chi connectivity index (χ3v) is 5.50. The van der Waals surface area contributed by atoms with Crippen molar-refractivity contribution in [1.82, 2.24) is 15.1 Å². The van der Waals surface area contributed by atoms with Gasteiger partial charge in [-0.3, -0.25) is 9.69 Å². The molecule has 1 rings (SSSR count). The van der Waals surface area contributed by atoms with E-state index in [-0.39, 0.29) is 30.7 Å². The number of thioether (sulfide) groups is 1. The summed E-state index contributed by atoms with van der Waals surface area (Å²) in [7, 11) is 1.84. The molecule has 1 atom stereocenters. The van der Waals surface area contributed by atoms with Crippen molar-refractivity contribution in [2.75, 3.05) is 31.6 Å². The maximum Gasteiger partial charge on any atom is 0.317 e. The minimum atomic E-state index is -0.794. The van der Waals surface area contributed by atoms with Crippen LogP contribution in [-0.2, 0) is 4.79 Å². The number of carbonyl (C=O) groups is 2. The van der Waals surface area contributed by atoms with E-state index in [4.69, 9.17) is 5.11 Å². The Labute approximate surface area is 144 Å². The first-order valence-corrected chi connectivity index (χ1v) is 9.61. The molecular formula is C16H31N3O3S. The number of nitrogens with zero attached hydrogens (tertiary/aromatic N) is 2. The number of carboxylic acids is 1. The maximum absolute atomic E-state index is 12.2. The van der Waals surface area contributed by atoms with Gasteiger partial charge in [0, 0.05) is 25.2 Å². The summed E-state index contributed by atoms with van der Waals surface area (Å²) in [5, 5.41) is 12.0. The van der Waals surface area contributed by atoms with Crippen LogP contribution in [0.25, 0.3) is 0 Å². The average Bonchev–Trinajstić information content (AvgIpc) is 2.47. The Morgan fingerprint density at radius 3 is 2.52 bits per heavy atom. The van der Waals surface area contributed by atoms with Crippen LogP contribution in [0.1, 0.15) is 40.0 Å². The van der Waals surface area contributed by atoms with E-state index in [1.165, 1.54) is 0 Å². The highest BCUT2D eigenvalue weighted by molar-refractivity contribution is 7.99. The second-order valence-electron chi connectivity index (χ2n) is 6.17. The number of aliphatic carboxylic acids is 1. The topological polar surface area (TPSA) is 72.9 Å². The second kappa shape index (κ2) is 10.0. The minimum Gasteiger partial charge on any atom is -0.480 e. The molecule has 134 valence electrons. The van der Waals surface area contributed by atoms with E-state index in [1.807, 2.05) is 30.6 Å². The molecule has 0 heterocycles. The van der Waals surface area contributed by atoms with E-state index in [2.05, 4.69) is 19.2 Å². The van der Waals surface area contributed by atoms with E-state index in [0.29, 0.717) is 0 Å². The van der Waals surface area contributed by atoms with Gasteiger partial charge < -0.3 is 15.3 Å². The molecule has 0 spiro atoms. The zero-order valence-electron chi connectivity index (χ0n) is 14.7. The molecule has 0 radical (unpaired) electrons. The fraction of sp³-hybridized carbons (Fsp3) is 0.875. The number of hydrogen-bond acceptors (Lipinski definition) is 4. The first-order valence-electron chi connectivity index (χ1n) is 8.45. The van der Waals surface area contributed by atoms with Crippen LogP contribution < -0.4 is 5.32 Å². The van der Waals surface area contributed by atoms with Crippen molar-refractivity contribution in [1.29, 1.82) is 0 Å². The molecule has 1 saturated carbocycles. The third kappa shape index (κ3) is 6.59. The third-order valence-electron chi connectivity index (χ3n) is 4.57. The van der Waals surface area contributed by atoms with Gasteiger partial charge >= 0.3 is 12.0 Å². The summed E-state index contributed by atoms with van der Waals surface area (Å²) >= 11 is 1.89. The lowest BCUT2D eigenvalue weighted by molar-refractivity contribution is -0.139. The van der Waals surface area contributed by atoms with Gasteiger partial charge in [-0.2, -0.15) is 11.8 Å². The summed E-state index contributed by atoms with van der Waals surface area (Å²) in [5.74, 6) is 1.38. The number of likely N-dealkylation sites (N-methyl/N-ethyl adjacent to an activating group) is 1. The van der Waals surface area contributed by atoms with Crippen LogP contribution in [0.5, 0.6) is 0 Å². The molecule has 1 aliphatic rings. The van der Waals surface area contributed by atoms with E-state index in [0.717, 1.165) is 37.3 Å². The Morgan fingerprint density at radius 2 is 2.00 bits per heavy atom. The van der Waals surface area contributed by atoms with Gasteiger partial charge in [0.2, 0.25) is 0 Å². The predicted molar refractivity (Wildman–Crippen MR) is 95.1 cm³/mol. The lowest BCUT2D eigenvalue weighted by Crippen LogP contribution is -2.57. The molecule has 0 saturated heterocycles. The fourth-order valence-electron chi connectivity index (χ4n) is 2.75. The zero-order valence-corrected chi connectivity index (χ0v) is 15.6. The number of carboxylic acid groups (broad SMARTS) is 1. The average molecular weight is 346 g/mol. The van der Waals surface area contributed by atoms with Crippen molar-refractivity contribution in [3.05, 3.63) is 0 Å². The van der Waals surface area contributed by atoms with Crippen molar-refractivity contribution in [2.24, 2.45) is 0 Å². The van der Waals surface area contributed by atoms with Crippen LogP contribution in [0, 0.1) is 0 Å². The summed E-state index contributed by atoms with van der Waals surface area (Å²) in [6, 6.07) is 0.632. The van der Waals surface area contributed by atoms with E-state index in [9.17, 15) is 9.59 Å². The van der Waals surface area contributed by atoms with Crippen molar-refractivity contribution in [3.8, 4) is 0 Å². The van der Waals surface area contributed by atoms with Crippen LogP contribution in [0.3, 0.4) is 0 Å². The Balaban J connectivity index is 2.30. The van der Waals surface area contributed by atoms with Crippen LogP contribution in [0.2, 0.25) is 0 Å². The molecule has 0 aliphatic heterocycles. The molecule has 2 amide bonds. The minimum absolute atomic E-state index is 0.0243. The van der Waals surface area contributed by atoms with Gasteiger partial charge in [-0.25, -0.2) is 4.79 Å². The van der Waals surface area contributed by atoms with E-state index < -0.39 is 5.97 Å². The Kier molecular flexibility index (Phi) is 8.76. The largest absolute Gasteiger partial charge is 0.480 e. The molecule has 1 aliphatic carbocycles. The summed E-state index contributed by atoms with van der Waals surface area (Å²) in [5.41, 5.74) is 0. The van der Waals surface area contributed by atoms with Crippen LogP contribution in [-0.4, -0.2) is 76.7 Å². The lowest BCUT2D eigenvalue weighted by atomic mass is 9.85. The van der Waals surface area contributed by atoms with Gasteiger partial charge in [0.15, 0.2) is 0 Å². The molecule has 1 unspecified atom stereocenters. The second-order valence-corrected chi connectivity index (χ2v) is 7.57. The van der Waals surface area contributed by atoms with Crippen LogP contribution >= 0.6 is 11.8 Å². The van der Waals surface area contributed by atoms with Crippen molar-refractivity contribution >= 4 is 23.8 Å². The Hall–Kier alpha value is -0.950. The normalized spacial score (nSPS) is 21.6. The Bertz CT molecular complexity index is 389. The highest BCUT2D eigenvalue weighted by atomic mass is 32.2. The van der Waals surface area contributed by atoms with Gasteiger partial charge in [-0.1, -0.05) is 13.8 Å². The smallest absolute Gasteiger partial charge is 0.317 e. The Morgan fingerprint density at radius 1 is 1.35 bits per heavy atom. The van der Waals surface area contributed by atoms with Gasteiger partial charge in [-0.15, -0.1) is 0 Å². The molecule has 0 aromatic carbocycles. The maximum atomic E-state index is 12.2. The highest BCUT2D eigenvalue weighted by Crippen LogP contribution is 2.25. The highest BCUT2D eigenvalue weighted by Gasteiger charge is 2.35. The van der Waals surface area contributed by atoms with Gasteiger partial charge in [0.1, 0.15) is 0 Å². The van der Waals surface area contributed by atoms with Gasteiger partial charge in [-0.05, 0) is 44.2 Å². The number of rotatable bonds is 10. The fourth-order valence-corrected chi connectivity index (χ4v) is 3.54. The first kappa shape index (κ1) is 20.1. The van der Waals surface area contributed by atoms with Crippen molar-refractivity contribution < 1.29 is 14.7 Å². The number of amides is 2. The van der Waals surface area contributed by atoms with Crippen LogP contribution in [0.15, 0.2) is 0 Å². The van der Waals surface area contributed by atoms with Crippen molar-refractivity contribution in [2.45, 2.75) is 58.2 Å². The molecule has 6 nitrogen and oxygen atoms in total. The van der Waals surface area contributed by atoms with Crippen molar-refractivity contribution in [3.63, 3.8) is 0 Å². The lowest BCUT2D eigenvalue weighted by Gasteiger charge is -2.43. The van der Waals surface area contributed by atoms with Gasteiger partial charge in [0.25, 0.3) is 0 Å². The molecule has 1 fully saturated rings. The number of carbonyl (C=O) groups excluding carboxylic acids is 1. The predicted octanol–water partition coefficient (Wildman–Crippen LogP) is 2.10. The quantitative estimate of drug-likeness (QED) is 0.593. The SMILES string of the molecule is CCSCCC(C)N(C)C(=O)NC1CC(N(CC)CC(=O)O)C1. The number of urea groups is 1. The number of hydrogen-bond donors (Lipinski definition) is 2. The standard InChI is InChI=1S/C16H31N3O3S/c1-5-19(11-15(20)21)14-9-13(10-14)17-16(22)18(4)12(3)7-8-23-6-2/h12-14H,5-11H2,1-4H3,(H,17,22)(H,20,21). The molecule has 0 bridgehead atoms. The monoisotopic (exact) mass is 345 g/mol.